The molecule has 0 unspecified atom stereocenters. The molecule has 2 fully saturated rings. The fourth-order valence-corrected chi connectivity index (χ4v) is 6.24. The van der Waals surface area contributed by atoms with Gasteiger partial charge in [-0.1, -0.05) is 55.0 Å². The van der Waals surface area contributed by atoms with E-state index in [1.165, 1.54) is 4.90 Å². The third-order valence-corrected chi connectivity index (χ3v) is 7.99. The normalized spacial score (nSPS) is 26.0. The number of imide groups is 1. The molecule has 4 atom stereocenters. The number of carbonyl (C=O) groups is 2. The lowest BCUT2D eigenvalue weighted by Gasteiger charge is -2.43. The second-order valence-corrected chi connectivity index (χ2v) is 10.1. The van der Waals surface area contributed by atoms with Crippen LogP contribution in [0, 0.1) is 17.8 Å². The highest BCUT2D eigenvalue weighted by atomic mass is 16.5. The van der Waals surface area contributed by atoms with Gasteiger partial charge in [0, 0.05) is 5.56 Å². The number of phenolic OH excluding ortho intramolecular Hbond substituents is 1. The lowest BCUT2D eigenvalue weighted by Crippen LogP contribution is -2.46. The Kier molecular flexibility index (Phi) is 7.33. The van der Waals surface area contributed by atoms with Crippen molar-refractivity contribution in [3.05, 3.63) is 76.9 Å². The molecule has 3 aliphatic rings. The van der Waals surface area contributed by atoms with Crippen molar-refractivity contribution in [1.82, 2.24) is 0 Å². The van der Waals surface area contributed by atoms with Gasteiger partial charge in [-0.2, -0.15) is 0 Å². The number of amides is 2. The van der Waals surface area contributed by atoms with Crippen molar-refractivity contribution in [3.63, 3.8) is 0 Å². The lowest BCUT2D eigenvalue weighted by atomic mass is 9.58. The average molecular weight is 501 g/mol. The smallest absolute Gasteiger partial charge is 0.455 e. The predicted octanol–water partition coefficient (Wildman–Crippen LogP) is 3.96. The Hall–Kier alpha value is -3.20. The minimum Gasteiger partial charge on any atom is -0.507 e. The summed E-state index contributed by atoms with van der Waals surface area (Å²) in [5.74, 6) is -1.78. The maximum atomic E-state index is 13.6. The lowest BCUT2D eigenvalue weighted by molar-refractivity contribution is -0.122. The molecule has 7 nitrogen and oxygen atoms in total. The number of anilines is 1. The SMILES string of the molecule is CC/C(=C\c1ccccc1O)CC[C@H]1OB(O)C[C@H]2C1=C(CO)C[C@H]1C(=O)N(c3ccccc3)C(=O)[C@H]12. The van der Waals surface area contributed by atoms with Crippen LogP contribution in [-0.2, 0) is 14.2 Å². The van der Waals surface area contributed by atoms with E-state index in [1.807, 2.05) is 24.3 Å². The maximum Gasteiger partial charge on any atom is 0.455 e. The largest absolute Gasteiger partial charge is 0.507 e. The van der Waals surface area contributed by atoms with E-state index < -0.39 is 25.1 Å². The Morgan fingerprint density at radius 3 is 2.51 bits per heavy atom. The number of hydrogen-bond donors (Lipinski definition) is 3. The van der Waals surface area contributed by atoms with E-state index in [9.17, 15) is 24.8 Å². The third-order valence-electron chi connectivity index (χ3n) is 7.99. The van der Waals surface area contributed by atoms with Crippen LogP contribution in [0.5, 0.6) is 5.75 Å². The van der Waals surface area contributed by atoms with Gasteiger partial charge < -0.3 is 19.9 Å². The van der Waals surface area contributed by atoms with E-state index in [0.29, 0.717) is 24.9 Å². The minimum absolute atomic E-state index is 0.215. The Bertz CT molecular complexity index is 1240. The van der Waals surface area contributed by atoms with Gasteiger partial charge in [-0.15, -0.1) is 0 Å². The Balaban J connectivity index is 1.43. The topological polar surface area (TPSA) is 107 Å². The van der Waals surface area contributed by atoms with Crippen LogP contribution in [0.25, 0.3) is 6.08 Å². The molecule has 8 heteroatoms. The number of aromatic hydroxyl groups is 1. The Labute approximate surface area is 217 Å². The van der Waals surface area contributed by atoms with Crippen LogP contribution in [0.4, 0.5) is 5.69 Å². The fourth-order valence-electron chi connectivity index (χ4n) is 6.24. The maximum absolute atomic E-state index is 13.6. The van der Waals surface area contributed by atoms with Gasteiger partial charge in [0.15, 0.2) is 0 Å². The van der Waals surface area contributed by atoms with Crippen molar-refractivity contribution in [1.29, 1.82) is 0 Å². The number of phenols is 1. The molecule has 5 rings (SSSR count). The third kappa shape index (κ3) is 4.77. The monoisotopic (exact) mass is 501 g/mol. The van der Waals surface area contributed by atoms with Gasteiger partial charge in [-0.25, -0.2) is 0 Å². The number of para-hydroxylation sites is 2. The van der Waals surface area contributed by atoms with Crippen molar-refractivity contribution in [2.45, 2.75) is 45.0 Å². The molecule has 0 bridgehead atoms. The minimum atomic E-state index is -1.06. The summed E-state index contributed by atoms with van der Waals surface area (Å²) in [6.45, 7) is 1.84. The summed E-state index contributed by atoms with van der Waals surface area (Å²) >= 11 is 0. The van der Waals surface area contributed by atoms with Crippen LogP contribution < -0.4 is 4.90 Å². The molecule has 2 aromatic carbocycles. The zero-order valence-corrected chi connectivity index (χ0v) is 20.9. The van der Waals surface area contributed by atoms with Gasteiger partial charge >= 0.3 is 7.12 Å². The summed E-state index contributed by atoms with van der Waals surface area (Å²) in [6.07, 6.45) is 4.03. The van der Waals surface area contributed by atoms with Crippen molar-refractivity contribution in [3.8, 4) is 5.75 Å². The van der Waals surface area contributed by atoms with Gasteiger partial charge in [0.05, 0.1) is 30.2 Å². The predicted molar refractivity (Wildman–Crippen MR) is 141 cm³/mol. The van der Waals surface area contributed by atoms with Crippen molar-refractivity contribution >= 4 is 30.7 Å². The van der Waals surface area contributed by atoms with E-state index in [-0.39, 0.29) is 36.4 Å². The van der Waals surface area contributed by atoms with E-state index in [4.69, 9.17) is 4.65 Å². The van der Waals surface area contributed by atoms with Crippen molar-refractivity contribution < 1.29 is 29.5 Å². The summed E-state index contributed by atoms with van der Waals surface area (Å²) in [5.41, 5.74) is 4.01. The van der Waals surface area contributed by atoms with Gasteiger partial charge in [-0.05, 0) is 67.3 Å². The average Bonchev–Trinajstić information content (AvgIpc) is 3.16. The molecule has 37 heavy (non-hydrogen) atoms. The quantitative estimate of drug-likeness (QED) is 0.301. The van der Waals surface area contributed by atoms with Gasteiger partial charge in [0.25, 0.3) is 0 Å². The Morgan fingerprint density at radius 1 is 1.08 bits per heavy atom. The van der Waals surface area contributed by atoms with Crippen LogP contribution in [-0.4, -0.2) is 46.9 Å². The van der Waals surface area contributed by atoms with E-state index in [0.717, 1.165) is 28.7 Å². The van der Waals surface area contributed by atoms with Crippen LogP contribution in [0.15, 0.2) is 71.3 Å². The highest BCUT2D eigenvalue weighted by Crippen LogP contribution is 2.51. The molecule has 2 heterocycles. The number of aliphatic hydroxyl groups excluding tert-OH is 1. The summed E-state index contributed by atoms with van der Waals surface area (Å²) in [6, 6.07) is 16.1. The van der Waals surface area contributed by atoms with Crippen molar-refractivity contribution in [2.75, 3.05) is 11.5 Å². The molecule has 0 radical (unpaired) electrons. The molecule has 3 N–H and O–H groups in total. The summed E-state index contributed by atoms with van der Waals surface area (Å²) in [7, 11) is -1.06. The highest BCUT2D eigenvalue weighted by molar-refractivity contribution is 6.43. The van der Waals surface area contributed by atoms with Crippen LogP contribution in [0.3, 0.4) is 0 Å². The standard InChI is InChI=1S/C29H32BNO6/c1-2-18(14-19-8-6-7-11-24(19)33)12-13-25-26-20(17-32)15-22-27(23(26)16-30(36)37-25)29(35)31(28(22)34)21-9-4-3-5-10-21/h3-11,14,22-23,25,27,32-33,36H,2,12-13,15-17H2,1H3/b18-14+/t22-,23+,25-,27-/m1/s1. The molecule has 0 spiro atoms. The summed E-state index contributed by atoms with van der Waals surface area (Å²) < 4.78 is 5.98. The van der Waals surface area contributed by atoms with Crippen LogP contribution >= 0.6 is 0 Å². The van der Waals surface area contributed by atoms with Crippen LogP contribution in [0.2, 0.25) is 6.32 Å². The zero-order valence-electron chi connectivity index (χ0n) is 20.9. The molecule has 2 aliphatic heterocycles. The number of allylic oxidation sites excluding steroid dienone is 1. The molecule has 2 amide bonds. The molecular formula is C29H32BNO6. The Morgan fingerprint density at radius 2 is 1.81 bits per heavy atom. The van der Waals surface area contributed by atoms with Crippen molar-refractivity contribution in [2.24, 2.45) is 17.8 Å². The first-order chi connectivity index (χ1) is 17.9. The zero-order chi connectivity index (χ0) is 26.1. The van der Waals surface area contributed by atoms with E-state index >= 15 is 0 Å². The number of aliphatic hydroxyl groups is 1. The number of fused-ring (bicyclic) bond motifs is 3. The van der Waals surface area contributed by atoms with E-state index in [1.54, 1.807) is 36.4 Å². The number of nitrogens with zero attached hydrogens (tertiary/aromatic N) is 1. The second-order valence-electron chi connectivity index (χ2n) is 10.1. The molecule has 2 saturated heterocycles. The van der Waals surface area contributed by atoms with Gasteiger partial charge in [0.2, 0.25) is 11.8 Å². The molecule has 0 aromatic heterocycles. The molecule has 192 valence electrons. The number of carbonyl (C=O) groups excluding carboxylic acids is 2. The number of benzene rings is 2. The first-order valence-corrected chi connectivity index (χ1v) is 13.0. The molecule has 2 aromatic rings. The van der Waals surface area contributed by atoms with Crippen LogP contribution in [0.1, 0.15) is 38.2 Å². The summed E-state index contributed by atoms with van der Waals surface area (Å²) in [5, 5.41) is 31.1. The van der Waals surface area contributed by atoms with E-state index in [2.05, 4.69) is 6.92 Å². The van der Waals surface area contributed by atoms with Gasteiger partial charge in [0.1, 0.15) is 5.75 Å². The second kappa shape index (κ2) is 10.7. The van der Waals surface area contributed by atoms with Gasteiger partial charge in [-0.3, -0.25) is 14.5 Å². The molecule has 0 saturated carbocycles. The highest BCUT2D eigenvalue weighted by Gasteiger charge is 2.57. The summed E-state index contributed by atoms with van der Waals surface area (Å²) in [4.78, 5) is 28.3. The first-order valence-electron chi connectivity index (χ1n) is 13.0. The number of rotatable bonds is 7. The first kappa shape index (κ1) is 25.5. The number of hydrogen-bond acceptors (Lipinski definition) is 6. The molecule has 1 aliphatic carbocycles. The molecular weight excluding hydrogens is 469 g/mol. The fraction of sp³-hybridized carbons (Fsp3) is 0.379.